The minimum atomic E-state index is -0.300. The van der Waals surface area contributed by atoms with Crippen molar-refractivity contribution in [2.24, 2.45) is 5.92 Å². The molecule has 0 aromatic heterocycles. The second-order valence-electron chi connectivity index (χ2n) is 8.05. The van der Waals surface area contributed by atoms with Crippen LogP contribution in [0.2, 0.25) is 0 Å². The van der Waals surface area contributed by atoms with E-state index in [2.05, 4.69) is 35.1 Å². The fourth-order valence-corrected chi connectivity index (χ4v) is 3.84. The molecule has 160 valence electrons. The molecule has 2 aromatic carbocycles. The third-order valence-corrected chi connectivity index (χ3v) is 5.55. The van der Waals surface area contributed by atoms with Crippen LogP contribution in [0.5, 0.6) is 5.75 Å². The van der Waals surface area contributed by atoms with Crippen LogP contribution in [0, 0.1) is 5.92 Å². The van der Waals surface area contributed by atoms with Crippen molar-refractivity contribution >= 4 is 33.4 Å². The molecule has 1 aliphatic rings. The van der Waals surface area contributed by atoms with Crippen molar-refractivity contribution in [3.63, 3.8) is 0 Å². The van der Waals surface area contributed by atoms with Gasteiger partial charge in [0, 0.05) is 17.6 Å². The molecule has 2 aromatic rings. The number of likely N-dealkylation sites (tertiary alicyclic amines) is 1. The topological polar surface area (TPSA) is 58.6 Å². The Morgan fingerprint density at radius 2 is 1.73 bits per heavy atom. The molecule has 0 atom stereocenters. The lowest BCUT2D eigenvalue weighted by molar-refractivity contribution is 0.0762. The standard InChI is InChI=1S/C24H29BrN2O3/c1-17(2)16-30-22-12-11-18(25)15-20(22)23(28)26-21-10-6-5-9-19(21)24(29)27-13-7-3-4-8-14-27/h5-6,9-12,15,17H,3-4,7-8,13-14,16H2,1-2H3,(H,26,28). The average molecular weight is 473 g/mol. The molecule has 0 bridgehead atoms. The van der Waals surface area contributed by atoms with Gasteiger partial charge in [0.2, 0.25) is 0 Å². The first-order valence-corrected chi connectivity index (χ1v) is 11.4. The van der Waals surface area contributed by atoms with E-state index >= 15 is 0 Å². The molecule has 0 radical (unpaired) electrons. The van der Waals surface area contributed by atoms with Gasteiger partial charge in [0.05, 0.1) is 23.4 Å². The molecule has 1 aliphatic heterocycles. The molecule has 5 nitrogen and oxygen atoms in total. The highest BCUT2D eigenvalue weighted by Crippen LogP contribution is 2.26. The van der Waals surface area contributed by atoms with Crippen molar-refractivity contribution in [2.75, 3.05) is 25.0 Å². The molecule has 3 rings (SSSR count). The van der Waals surface area contributed by atoms with E-state index in [1.807, 2.05) is 23.1 Å². The Balaban J connectivity index is 1.82. The number of ether oxygens (including phenoxy) is 1. The average Bonchev–Trinajstić information content (AvgIpc) is 3.02. The van der Waals surface area contributed by atoms with Crippen LogP contribution in [-0.4, -0.2) is 36.4 Å². The Morgan fingerprint density at radius 1 is 1.03 bits per heavy atom. The largest absolute Gasteiger partial charge is 0.492 e. The normalized spacial score (nSPS) is 14.3. The Labute approximate surface area is 186 Å². The summed E-state index contributed by atoms with van der Waals surface area (Å²) in [6, 6.07) is 12.6. The fraction of sp³-hybridized carbons (Fsp3) is 0.417. The number of halogens is 1. The molecule has 0 unspecified atom stereocenters. The lowest BCUT2D eigenvalue weighted by Gasteiger charge is -2.22. The van der Waals surface area contributed by atoms with Gasteiger partial charge < -0.3 is 15.0 Å². The zero-order valence-electron chi connectivity index (χ0n) is 17.6. The van der Waals surface area contributed by atoms with Gasteiger partial charge in [0.25, 0.3) is 11.8 Å². The van der Waals surface area contributed by atoms with E-state index in [4.69, 9.17) is 4.74 Å². The van der Waals surface area contributed by atoms with Crippen molar-refractivity contribution in [3.8, 4) is 5.75 Å². The molecule has 0 spiro atoms. The third kappa shape index (κ3) is 5.85. The second-order valence-corrected chi connectivity index (χ2v) is 8.97. The Kier molecular flexibility index (Phi) is 7.91. The molecular weight excluding hydrogens is 444 g/mol. The predicted octanol–water partition coefficient (Wildman–Crippen LogP) is 5.75. The summed E-state index contributed by atoms with van der Waals surface area (Å²) >= 11 is 3.43. The van der Waals surface area contributed by atoms with Crippen LogP contribution in [0.1, 0.15) is 60.2 Å². The number of carbonyl (C=O) groups excluding carboxylic acids is 2. The van der Waals surface area contributed by atoms with Crippen LogP contribution in [0.3, 0.4) is 0 Å². The zero-order chi connectivity index (χ0) is 21.5. The van der Waals surface area contributed by atoms with Gasteiger partial charge in [-0.2, -0.15) is 0 Å². The molecule has 0 aliphatic carbocycles. The minimum Gasteiger partial charge on any atom is -0.492 e. The summed E-state index contributed by atoms with van der Waals surface area (Å²) in [4.78, 5) is 28.1. The van der Waals surface area contributed by atoms with Gasteiger partial charge >= 0.3 is 0 Å². The first-order valence-electron chi connectivity index (χ1n) is 10.6. The quantitative estimate of drug-likeness (QED) is 0.581. The number of anilines is 1. The second kappa shape index (κ2) is 10.6. The molecule has 1 heterocycles. The first-order chi connectivity index (χ1) is 14.5. The molecule has 1 N–H and O–H groups in total. The number of carbonyl (C=O) groups is 2. The van der Waals surface area contributed by atoms with E-state index in [0.29, 0.717) is 35.1 Å². The van der Waals surface area contributed by atoms with Crippen LogP contribution in [0.4, 0.5) is 5.69 Å². The van der Waals surface area contributed by atoms with Crippen LogP contribution in [-0.2, 0) is 0 Å². The van der Waals surface area contributed by atoms with Crippen molar-refractivity contribution in [1.82, 2.24) is 4.90 Å². The van der Waals surface area contributed by atoms with E-state index in [1.165, 1.54) is 0 Å². The third-order valence-electron chi connectivity index (χ3n) is 5.06. The molecular formula is C24H29BrN2O3. The van der Waals surface area contributed by atoms with Gasteiger partial charge in [-0.3, -0.25) is 9.59 Å². The maximum atomic E-state index is 13.1. The monoisotopic (exact) mass is 472 g/mol. The molecule has 30 heavy (non-hydrogen) atoms. The van der Waals surface area contributed by atoms with Gasteiger partial charge in [-0.25, -0.2) is 0 Å². The van der Waals surface area contributed by atoms with Gasteiger partial charge in [-0.15, -0.1) is 0 Å². The Morgan fingerprint density at radius 3 is 2.43 bits per heavy atom. The number of nitrogens with one attached hydrogen (secondary N) is 1. The summed E-state index contributed by atoms with van der Waals surface area (Å²) in [6.07, 6.45) is 4.36. The number of hydrogen-bond acceptors (Lipinski definition) is 3. The van der Waals surface area contributed by atoms with Crippen molar-refractivity contribution in [2.45, 2.75) is 39.5 Å². The molecule has 1 saturated heterocycles. The number of para-hydroxylation sites is 1. The smallest absolute Gasteiger partial charge is 0.259 e. The highest BCUT2D eigenvalue weighted by atomic mass is 79.9. The van der Waals surface area contributed by atoms with Crippen LogP contribution in [0.15, 0.2) is 46.9 Å². The summed E-state index contributed by atoms with van der Waals surface area (Å²) < 4.78 is 6.63. The molecule has 1 fully saturated rings. The lowest BCUT2D eigenvalue weighted by atomic mass is 10.1. The number of nitrogens with zero attached hydrogens (tertiary/aromatic N) is 1. The zero-order valence-corrected chi connectivity index (χ0v) is 19.2. The Bertz CT molecular complexity index is 890. The Hall–Kier alpha value is -2.34. The van der Waals surface area contributed by atoms with Crippen LogP contribution < -0.4 is 10.1 Å². The lowest BCUT2D eigenvalue weighted by Crippen LogP contribution is -2.32. The van der Waals surface area contributed by atoms with Crippen molar-refractivity contribution < 1.29 is 14.3 Å². The van der Waals surface area contributed by atoms with Gasteiger partial charge in [0.1, 0.15) is 5.75 Å². The van der Waals surface area contributed by atoms with Gasteiger partial charge in [-0.05, 0) is 49.1 Å². The predicted molar refractivity (Wildman–Crippen MR) is 123 cm³/mol. The van der Waals surface area contributed by atoms with E-state index in [-0.39, 0.29) is 11.8 Å². The fourth-order valence-electron chi connectivity index (χ4n) is 3.47. The number of rotatable bonds is 6. The maximum absolute atomic E-state index is 13.1. The summed E-state index contributed by atoms with van der Waals surface area (Å²) in [5.74, 6) is 0.543. The number of hydrogen-bond donors (Lipinski definition) is 1. The summed E-state index contributed by atoms with van der Waals surface area (Å²) in [5.41, 5.74) is 1.47. The van der Waals surface area contributed by atoms with E-state index in [0.717, 1.165) is 43.2 Å². The van der Waals surface area contributed by atoms with E-state index in [9.17, 15) is 9.59 Å². The van der Waals surface area contributed by atoms with Gasteiger partial charge in [0.15, 0.2) is 0 Å². The van der Waals surface area contributed by atoms with Crippen LogP contribution in [0.25, 0.3) is 0 Å². The van der Waals surface area contributed by atoms with Gasteiger partial charge in [-0.1, -0.05) is 54.8 Å². The van der Waals surface area contributed by atoms with Crippen molar-refractivity contribution in [3.05, 3.63) is 58.1 Å². The SMILES string of the molecule is CC(C)COc1ccc(Br)cc1C(=O)Nc1ccccc1C(=O)N1CCCCCC1. The number of amides is 2. The van der Waals surface area contributed by atoms with Crippen molar-refractivity contribution in [1.29, 1.82) is 0 Å². The van der Waals surface area contributed by atoms with Crippen LogP contribution >= 0.6 is 15.9 Å². The molecule has 6 heteroatoms. The van der Waals surface area contributed by atoms with E-state index in [1.54, 1.807) is 24.3 Å². The minimum absolute atomic E-state index is 0.0293. The molecule has 0 saturated carbocycles. The summed E-state index contributed by atoms with van der Waals surface area (Å²) in [5, 5.41) is 2.93. The number of benzene rings is 2. The summed E-state index contributed by atoms with van der Waals surface area (Å²) in [7, 11) is 0. The summed E-state index contributed by atoms with van der Waals surface area (Å²) in [6.45, 7) is 6.17. The highest BCUT2D eigenvalue weighted by molar-refractivity contribution is 9.10. The molecule has 2 amide bonds. The van der Waals surface area contributed by atoms with E-state index < -0.39 is 0 Å². The first kappa shape index (κ1) is 22.3. The maximum Gasteiger partial charge on any atom is 0.259 e. The highest BCUT2D eigenvalue weighted by Gasteiger charge is 2.22.